The van der Waals surface area contributed by atoms with E-state index in [4.69, 9.17) is 5.11 Å². The predicted molar refractivity (Wildman–Crippen MR) is 44.5 cm³/mol. The van der Waals surface area contributed by atoms with Gasteiger partial charge in [0.25, 0.3) is 0 Å². The number of nitrogens with zero attached hydrogens (tertiary/aromatic N) is 2. The molecule has 0 spiro atoms. The molecule has 1 aromatic rings. The first-order chi connectivity index (χ1) is 5.90. The highest BCUT2D eigenvalue weighted by molar-refractivity contribution is 5.10. The van der Waals surface area contributed by atoms with Gasteiger partial charge in [-0.05, 0) is 18.9 Å². The monoisotopic (exact) mass is 164 g/mol. The van der Waals surface area contributed by atoms with Gasteiger partial charge in [-0.2, -0.15) is 0 Å². The van der Waals surface area contributed by atoms with Crippen LogP contribution in [0.2, 0.25) is 0 Å². The lowest BCUT2D eigenvalue weighted by molar-refractivity contribution is 0.269. The molecular weight excluding hydrogens is 152 g/mol. The third kappa shape index (κ3) is 1.32. The first-order valence-electron chi connectivity index (χ1n) is 4.33. The van der Waals surface area contributed by atoms with Crippen LogP contribution in [0.4, 0.5) is 0 Å². The van der Waals surface area contributed by atoms with Crippen LogP contribution < -0.4 is 0 Å². The Hall–Kier alpha value is -0.960. The summed E-state index contributed by atoms with van der Waals surface area (Å²) in [7, 11) is 0. The zero-order chi connectivity index (χ0) is 8.39. The summed E-state index contributed by atoms with van der Waals surface area (Å²) in [5.41, 5.74) is 1.10. The second kappa shape index (κ2) is 3.19. The first kappa shape index (κ1) is 7.68. The van der Waals surface area contributed by atoms with Crippen LogP contribution in [-0.2, 0) is 6.61 Å². The lowest BCUT2D eigenvalue weighted by atomic mass is 9.83. The summed E-state index contributed by atoms with van der Waals surface area (Å²) < 4.78 is 0. The lowest BCUT2D eigenvalue weighted by Crippen LogP contribution is -2.11. The minimum absolute atomic E-state index is 0.0550. The maximum atomic E-state index is 8.81. The average Bonchev–Trinajstić information content (AvgIpc) is 2.02. The van der Waals surface area contributed by atoms with Crippen molar-refractivity contribution in [3.05, 3.63) is 23.8 Å². The van der Waals surface area contributed by atoms with Gasteiger partial charge in [-0.1, -0.05) is 6.42 Å². The van der Waals surface area contributed by atoms with Crippen molar-refractivity contribution in [2.75, 3.05) is 0 Å². The van der Waals surface area contributed by atoms with Crippen molar-refractivity contribution in [1.29, 1.82) is 0 Å². The summed E-state index contributed by atoms with van der Waals surface area (Å²) in [6.45, 7) is -0.0550. The maximum Gasteiger partial charge on any atom is 0.153 e. The Balaban J connectivity index is 2.19. The Bertz CT molecular complexity index is 271. The summed E-state index contributed by atoms with van der Waals surface area (Å²) in [5, 5.41) is 8.81. The van der Waals surface area contributed by atoms with Crippen LogP contribution in [0.1, 0.15) is 36.7 Å². The molecular formula is C9H12N2O. The number of hydrogen-bond donors (Lipinski definition) is 1. The van der Waals surface area contributed by atoms with Crippen molar-refractivity contribution in [3.8, 4) is 0 Å². The summed E-state index contributed by atoms with van der Waals surface area (Å²) in [4.78, 5) is 8.19. The first-order valence-corrected chi connectivity index (χ1v) is 4.33. The van der Waals surface area contributed by atoms with E-state index in [1.165, 1.54) is 19.3 Å². The van der Waals surface area contributed by atoms with Gasteiger partial charge in [0.15, 0.2) is 5.82 Å². The van der Waals surface area contributed by atoms with Crippen LogP contribution in [0.3, 0.4) is 0 Å². The molecule has 0 atom stereocenters. The highest BCUT2D eigenvalue weighted by atomic mass is 16.3. The van der Waals surface area contributed by atoms with Crippen molar-refractivity contribution in [2.24, 2.45) is 0 Å². The van der Waals surface area contributed by atoms with Gasteiger partial charge in [0.1, 0.15) is 6.61 Å². The molecule has 0 unspecified atom stereocenters. The predicted octanol–water partition coefficient (Wildman–Crippen LogP) is 1.24. The van der Waals surface area contributed by atoms with Gasteiger partial charge in [-0.15, -0.1) is 0 Å². The highest BCUT2D eigenvalue weighted by Gasteiger charge is 2.20. The number of aliphatic hydroxyl groups excluding tert-OH is 1. The average molecular weight is 164 g/mol. The quantitative estimate of drug-likeness (QED) is 0.715. The Labute approximate surface area is 71.5 Å². The molecule has 1 aliphatic carbocycles. The largest absolute Gasteiger partial charge is 0.388 e. The SMILES string of the molecule is OCc1nccc(C2CCC2)n1. The van der Waals surface area contributed by atoms with Crippen molar-refractivity contribution >= 4 is 0 Å². The molecule has 1 N–H and O–H groups in total. The molecule has 3 heteroatoms. The van der Waals surface area contributed by atoms with E-state index in [2.05, 4.69) is 9.97 Å². The third-order valence-electron chi connectivity index (χ3n) is 2.39. The molecule has 0 bridgehead atoms. The van der Waals surface area contributed by atoms with E-state index in [1.54, 1.807) is 6.20 Å². The van der Waals surface area contributed by atoms with Gasteiger partial charge in [0, 0.05) is 17.8 Å². The minimum atomic E-state index is -0.0550. The smallest absolute Gasteiger partial charge is 0.153 e. The number of aliphatic hydroxyl groups is 1. The molecule has 0 radical (unpaired) electrons. The van der Waals surface area contributed by atoms with Crippen LogP contribution in [0, 0.1) is 0 Å². The Morgan fingerprint density at radius 1 is 1.50 bits per heavy atom. The summed E-state index contributed by atoms with van der Waals surface area (Å²) in [6.07, 6.45) is 5.51. The van der Waals surface area contributed by atoms with Gasteiger partial charge >= 0.3 is 0 Å². The second-order valence-electron chi connectivity index (χ2n) is 3.18. The van der Waals surface area contributed by atoms with Gasteiger partial charge in [-0.3, -0.25) is 0 Å². The van der Waals surface area contributed by atoms with E-state index >= 15 is 0 Å². The van der Waals surface area contributed by atoms with E-state index in [0.717, 1.165) is 5.69 Å². The lowest BCUT2D eigenvalue weighted by Gasteiger charge is -2.24. The Kier molecular flexibility index (Phi) is 2.04. The van der Waals surface area contributed by atoms with Crippen LogP contribution in [0.25, 0.3) is 0 Å². The second-order valence-corrected chi connectivity index (χ2v) is 3.18. The molecule has 1 saturated carbocycles. The number of aromatic nitrogens is 2. The Morgan fingerprint density at radius 2 is 2.33 bits per heavy atom. The highest BCUT2D eigenvalue weighted by Crippen LogP contribution is 2.34. The van der Waals surface area contributed by atoms with Crippen molar-refractivity contribution < 1.29 is 5.11 Å². The fourth-order valence-corrected chi connectivity index (χ4v) is 1.42. The zero-order valence-corrected chi connectivity index (χ0v) is 6.90. The van der Waals surface area contributed by atoms with E-state index in [1.807, 2.05) is 6.07 Å². The van der Waals surface area contributed by atoms with E-state index < -0.39 is 0 Å². The van der Waals surface area contributed by atoms with Crippen LogP contribution in [0.15, 0.2) is 12.3 Å². The van der Waals surface area contributed by atoms with Crippen molar-refractivity contribution in [1.82, 2.24) is 9.97 Å². The Morgan fingerprint density at radius 3 is 2.92 bits per heavy atom. The molecule has 64 valence electrons. The van der Waals surface area contributed by atoms with Crippen molar-refractivity contribution in [2.45, 2.75) is 31.8 Å². The standard InChI is InChI=1S/C9H12N2O/c12-6-9-10-5-4-8(11-9)7-2-1-3-7/h4-5,7,12H,1-3,6H2. The van der Waals surface area contributed by atoms with Crippen molar-refractivity contribution in [3.63, 3.8) is 0 Å². The molecule has 2 rings (SSSR count). The minimum Gasteiger partial charge on any atom is -0.388 e. The number of rotatable bonds is 2. The molecule has 3 nitrogen and oxygen atoms in total. The van der Waals surface area contributed by atoms with Crippen LogP contribution in [-0.4, -0.2) is 15.1 Å². The van der Waals surface area contributed by atoms with Gasteiger partial charge < -0.3 is 5.11 Å². The normalized spacial score (nSPS) is 17.4. The van der Waals surface area contributed by atoms with E-state index in [0.29, 0.717) is 11.7 Å². The summed E-state index contributed by atoms with van der Waals surface area (Å²) >= 11 is 0. The number of hydrogen-bond acceptors (Lipinski definition) is 3. The molecule has 0 aromatic carbocycles. The fraction of sp³-hybridized carbons (Fsp3) is 0.556. The molecule has 1 aliphatic rings. The maximum absolute atomic E-state index is 8.81. The molecule has 0 aliphatic heterocycles. The molecule has 1 aromatic heterocycles. The summed E-state index contributed by atoms with van der Waals surface area (Å²) in [6, 6.07) is 1.95. The van der Waals surface area contributed by atoms with Gasteiger partial charge in [0.05, 0.1) is 0 Å². The van der Waals surface area contributed by atoms with Crippen LogP contribution >= 0.6 is 0 Å². The fourth-order valence-electron chi connectivity index (χ4n) is 1.42. The molecule has 1 heterocycles. The molecule has 12 heavy (non-hydrogen) atoms. The topological polar surface area (TPSA) is 46.0 Å². The van der Waals surface area contributed by atoms with Gasteiger partial charge in [-0.25, -0.2) is 9.97 Å². The third-order valence-corrected chi connectivity index (χ3v) is 2.39. The van der Waals surface area contributed by atoms with E-state index in [9.17, 15) is 0 Å². The van der Waals surface area contributed by atoms with Crippen LogP contribution in [0.5, 0.6) is 0 Å². The molecule has 0 amide bonds. The molecule has 0 saturated heterocycles. The molecule has 1 fully saturated rings. The zero-order valence-electron chi connectivity index (χ0n) is 6.90. The van der Waals surface area contributed by atoms with E-state index in [-0.39, 0.29) is 6.61 Å². The van der Waals surface area contributed by atoms with Gasteiger partial charge in [0.2, 0.25) is 0 Å². The summed E-state index contributed by atoms with van der Waals surface area (Å²) in [5.74, 6) is 1.16.